The fourth-order valence-corrected chi connectivity index (χ4v) is 1.81. The van der Waals surface area contributed by atoms with Gasteiger partial charge in [0.1, 0.15) is 0 Å². The van der Waals surface area contributed by atoms with E-state index in [4.69, 9.17) is 5.84 Å². The monoisotopic (exact) mass is 274 g/mol. The predicted octanol–water partition coefficient (Wildman–Crippen LogP) is 0.158. The molecule has 0 saturated carbocycles. The quantitative estimate of drug-likeness (QED) is 0.410. The van der Waals surface area contributed by atoms with Crippen molar-refractivity contribution in [3.05, 3.63) is 51.4 Å². The molecule has 1 heterocycles. The van der Waals surface area contributed by atoms with Crippen molar-refractivity contribution in [2.24, 2.45) is 5.84 Å². The molecule has 2 aromatic rings. The minimum atomic E-state index is -0.776. The molecule has 7 nitrogen and oxygen atoms in total. The second kappa shape index (κ2) is 5.14. The summed E-state index contributed by atoms with van der Waals surface area (Å²) >= 11 is 0. The first kappa shape index (κ1) is 13.8. The number of rotatable bonds is 2. The molecule has 2 rings (SSSR count). The lowest BCUT2D eigenvalue weighted by Gasteiger charge is -2.11. The molecule has 0 radical (unpaired) electrons. The van der Waals surface area contributed by atoms with Gasteiger partial charge < -0.3 is 5.11 Å². The fraction of sp³-hybridized carbons (Fsp3) is 0.154. The Morgan fingerprint density at radius 2 is 2.10 bits per heavy atom. The van der Waals surface area contributed by atoms with Crippen LogP contribution in [0.3, 0.4) is 0 Å². The number of hydrazine groups is 1. The summed E-state index contributed by atoms with van der Waals surface area (Å²) in [5.41, 5.74) is 3.40. The molecule has 104 valence electrons. The van der Waals surface area contributed by atoms with Crippen LogP contribution in [0.2, 0.25) is 0 Å². The lowest BCUT2D eigenvalue weighted by atomic mass is 10.1. The zero-order valence-electron chi connectivity index (χ0n) is 11.0. The zero-order chi connectivity index (χ0) is 14.9. The van der Waals surface area contributed by atoms with Gasteiger partial charge in [0.25, 0.3) is 11.5 Å². The highest BCUT2D eigenvalue weighted by Gasteiger charge is 2.16. The van der Waals surface area contributed by atoms with Gasteiger partial charge in [-0.15, -0.1) is 0 Å². The number of nitrogens with two attached hydrogens (primary N) is 1. The van der Waals surface area contributed by atoms with E-state index < -0.39 is 17.2 Å². The molecule has 0 saturated heterocycles. The molecule has 1 aromatic heterocycles. The normalized spacial score (nSPS) is 10.3. The molecule has 0 aliphatic carbocycles. The predicted molar refractivity (Wildman–Crippen MR) is 72.6 cm³/mol. The van der Waals surface area contributed by atoms with Gasteiger partial charge in [-0.1, -0.05) is 12.1 Å². The van der Waals surface area contributed by atoms with Crippen LogP contribution in [-0.2, 0) is 0 Å². The first-order valence-electron chi connectivity index (χ1n) is 5.86. The van der Waals surface area contributed by atoms with Crippen molar-refractivity contribution >= 4 is 5.91 Å². The van der Waals surface area contributed by atoms with Gasteiger partial charge in [-0.3, -0.25) is 15.0 Å². The molecule has 7 heteroatoms. The van der Waals surface area contributed by atoms with Gasteiger partial charge in [-0.05, 0) is 31.0 Å². The summed E-state index contributed by atoms with van der Waals surface area (Å²) in [7, 11) is 0. The Labute approximate surface area is 114 Å². The van der Waals surface area contributed by atoms with Gasteiger partial charge >= 0.3 is 0 Å². The molecular weight excluding hydrogens is 260 g/mol. The van der Waals surface area contributed by atoms with Gasteiger partial charge in [0.15, 0.2) is 11.4 Å². The molecule has 0 spiro atoms. The highest BCUT2D eigenvalue weighted by molar-refractivity contribution is 5.94. The summed E-state index contributed by atoms with van der Waals surface area (Å²) in [6.45, 7) is 3.74. The summed E-state index contributed by atoms with van der Waals surface area (Å²) in [6, 6.07) is 6.32. The summed E-state index contributed by atoms with van der Waals surface area (Å²) in [5, 5.41) is 13.5. The number of hydrogen-bond donors (Lipinski definition) is 3. The van der Waals surface area contributed by atoms with Crippen LogP contribution < -0.4 is 16.8 Å². The van der Waals surface area contributed by atoms with E-state index in [1.165, 1.54) is 0 Å². The van der Waals surface area contributed by atoms with Crippen molar-refractivity contribution in [2.75, 3.05) is 0 Å². The number of nitrogens with one attached hydrogen (secondary N) is 1. The topological polar surface area (TPSA) is 110 Å². The van der Waals surface area contributed by atoms with Crippen molar-refractivity contribution in [3.8, 4) is 11.4 Å². The third-order valence-electron chi connectivity index (χ3n) is 3.06. The summed E-state index contributed by atoms with van der Waals surface area (Å²) in [6.07, 6.45) is 0. The summed E-state index contributed by atoms with van der Waals surface area (Å²) < 4.78 is 1.06. The average molecular weight is 274 g/mol. The van der Waals surface area contributed by atoms with E-state index in [9.17, 15) is 14.7 Å². The number of amides is 1. The number of aromatic hydroxyl groups is 1. The van der Waals surface area contributed by atoms with E-state index in [2.05, 4.69) is 5.10 Å². The van der Waals surface area contributed by atoms with Gasteiger partial charge in [0, 0.05) is 6.07 Å². The largest absolute Gasteiger partial charge is 0.505 e. The molecule has 0 fully saturated rings. The van der Waals surface area contributed by atoms with Crippen LogP contribution in [-0.4, -0.2) is 20.8 Å². The first-order chi connectivity index (χ1) is 9.45. The highest BCUT2D eigenvalue weighted by atomic mass is 16.3. The van der Waals surface area contributed by atoms with E-state index in [1.807, 2.05) is 25.3 Å². The van der Waals surface area contributed by atoms with Crippen LogP contribution in [0, 0.1) is 13.8 Å². The highest BCUT2D eigenvalue weighted by Crippen LogP contribution is 2.17. The van der Waals surface area contributed by atoms with Crippen LogP contribution in [0.15, 0.2) is 29.1 Å². The maximum absolute atomic E-state index is 11.9. The van der Waals surface area contributed by atoms with Gasteiger partial charge in [-0.25, -0.2) is 5.84 Å². The molecule has 0 bridgehead atoms. The third kappa shape index (κ3) is 2.26. The van der Waals surface area contributed by atoms with Crippen molar-refractivity contribution < 1.29 is 9.90 Å². The first-order valence-corrected chi connectivity index (χ1v) is 5.86. The fourth-order valence-electron chi connectivity index (χ4n) is 1.81. The van der Waals surface area contributed by atoms with Crippen LogP contribution in [0.1, 0.15) is 21.6 Å². The van der Waals surface area contributed by atoms with Crippen molar-refractivity contribution in [3.63, 3.8) is 0 Å². The lowest BCUT2D eigenvalue weighted by Crippen LogP contribution is -2.33. The molecule has 0 unspecified atom stereocenters. The molecule has 0 aliphatic rings. The summed E-state index contributed by atoms with van der Waals surface area (Å²) in [5.74, 6) is 3.73. The Kier molecular flexibility index (Phi) is 3.53. The number of hydrogen-bond acceptors (Lipinski definition) is 5. The minimum absolute atomic E-state index is 0.312. The van der Waals surface area contributed by atoms with Gasteiger partial charge in [0.2, 0.25) is 0 Å². The number of benzene rings is 1. The molecule has 4 N–H and O–H groups in total. The molecular formula is C13H14N4O3. The SMILES string of the molecule is Cc1cccc(-n2nc(C(=O)NN)c(O)cc2=O)c1C. The molecule has 0 atom stereocenters. The number of aryl methyl sites for hydroxylation is 1. The Bertz CT molecular complexity index is 737. The van der Waals surface area contributed by atoms with E-state index in [-0.39, 0.29) is 5.69 Å². The molecule has 20 heavy (non-hydrogen) atoms. The van der Waals surface area contributed by atoms with Crippen LogP contribution >= 0.6 is 0 Å². The Hall–Kier alpha value is -2.67. The van der Waals surface area contributed by atoms with Crippen LogP contribution in [0.25, 0.3) is 5.69 Å². The van der Waals surface area contributed by atoms with Crippen LogP contribution in [0.5, 0.6) is 5.75 Å². The molecule has 1 aromatic carbocycles. The van der Waals surface area contributed by atoms with E-state index >= 15 is 0 Å². The van der Waals surface area contributed by atoms with Crippen molar-refractivity contribution in [1.29, 1.82) is 0 Å². The maximum Gasteiger partial charge on any atom is 0.289 e. The number of nitrogen functional groups attached to an aromatic ring is 1. The van der Waals surface area contributed by atoms with Crippen LogP contribution in [0.4, 0.5) is 0 Å². The Balaban J connectivity index is 2.72. The number of carbonyl (C=O) groups excluding carboxylic acids is 1. The standard InChI is InChI=1S/C13H14N4O3/c1-7-4-3-5-9(8(7)2)17-11(19)6-10(18)12(16-17)13(20)15-14/h3-6,18H,14H2,1-2H3,(H,15,20). The Morgan fingerprint density at radius 3 is 2.75 bits per heavy atom. The summed E-state index contributed by atoms with van der Waals surface area (Å²) in [4.78, 5) is 23.5. The van der Waals surface area contributed by atoms with E-state index in [0.29, 0.717) is 5.69 Å². The zero-order valence-corrected chi connectivity index (χ0v) is 11.0. The van der Waals surface area contributed by atoms with Gasteiger partial charge in [0.05, 0.1) is 5.69 Å². The average Bonchev–Trinajstić information content (AvgIpc) is 2.42. The van der Waals surface area contributed by atoms with Crippen molar-refractivity contribution in [2.45, 2.75) is 13.8 Å². The maximum atomic E-state index is 11.9. The lowest BCUT2D eigenvalue weighted by molar-refractivity contribution is 0.0943. The van der Waals surface area contributed by atoms with E-state index in [0.717, 1.165) is 21.9 Å². The van der Waals surface area contributed by atoms with Crippen molar-refractivity contribution in [1.82, 2.24) is 15.2 Å². The second-order valence-corrected chi connectivity index (χ2v) is 4.32. The molecule has 0 aliphatic heterocycles. The van der Waals surface area contributed by atoms with E-state index in [1.54, 1.807) is 12.1 Å². The second-order valence-electron chi connectivity index (χ2n) is 4.32. The Morgan fingerprint density at radius 1 is 1.40 bits per heavy atom. The number of nitrogens with zero attached hydrogens (tertiary/aromatic N) is 2. The smallest absolute Gasteiger partial charge is 0.289 e. The minimum Gasteiger partial charge on any atom is -0.505 e. The number of carbonyl (C=O) groups is 1. The van der Waals surface area contributed by atoms with Gasteiger partial charge in [-0.2, -0.15) is 9.78 Å². The number of aromatic nitrogens is 2. The third-order valence-corrected chi connectivity index (χ3v) is 3.06. The molecule has 1 amide bonds.